The summed E-state index contributed by atoms with van der Waals surface area (Å²) in [6.07, 6.45) is 3.69. The molecule has 4 heteroatoms. The normalized spacial score (nSPS) is 14.3. The molecule has 1 aromatic rings. The van der Waals surface area contributed by atoms with E-state index >= 15 is 0 Å². The van der Waals surface area contributed by atoms with E-state index in [1.807, 2.05) is 11.3 Å². The number of hydrogen-bond donors (Lipinski definition) is 2. The Hall–Kier alpha value is -0.870. The molecular weight excluding hydrogens is 198 g/mol. The lowest BCUT2D eigenvalue weighted by Crippen LogP contribution is -2.21. The average molecular weight is 211 g/mol. The van der Waals surface area contributed by atoms with Gasteiger partial charge in [0.15, 0.2) is 0 Å². The Kier molecular flexibility index (Phi) is 2.84. The third kappa shape index (κ3) is 2.13. The van der Waals surface area contributed by atoms with Gasteiger partial charge in [-0.2, -0.15) is 0 Å². The van der Waals surface area contributed by atoms with Crippen LogP contribution in [0.25, 0.3) is 0 Å². The van der Waals surface area contributed by atoms with E-state index in [0.29, 0.717) is 6.54 Å². The van der Waals surface area contributed by atoms with Crippen molar-refractivity contribution >= 4 is 17.3 Å². The van der Waals surface area contributed by atoms with Gasteiger partial charge >= 0.3 is 5.97 Å². The first-order chi connectivity index (χ1) is 6.75. The molecule has 0 spiro atoms. The predicted octanol–water partition coefficient (Wildman–Crippen LogP) is 1.41. The summed E-state index contributed by atoms with van der Waals surface area (Å²) < 4.78 is 0. The number of thiophene rings is 1. The van der Waals surface area contributed by atoms with Gasteiger partial charge in [0, 0.05) is 16.3 Å². The molecule has 76 valence electrons. The van der Waals surface area contributed by atoms with Crippen LogP contribution >= 0.6 is 11.3 Å². The SMILES string of the molecule is O=C(O)CNCc1cc2c(s1)CCC2. The largest absolute Gasteiger partial charge is 0.480 e. The zero-order valence-corrected chi connectivity index (χ0v) is 8.69. The second-order valence-corrected chi connectivity index (χ2v) is 4.73. The third-order valence-corrected chi connectivity index (χ3v) is 3.61. The van der Waals surface area contributed by atoms with E-state index in [1.165, 1.54) is 34.6 Å². The lowest BCUT2D eigenvalue weighted by Gasteiger charge is -1.97. The Labute approximate surface area is 86.8 Å². The zero-order valence-electron chi connectivity index (χ0n) is 7.88. The number of carboxylic acids is 1. The lowest BCUT2D eigenvalue weighted by molar-refractivity contribution is -0.135. The second kappa shape index (κ2) is 4.11. The molecule has 0 aromatic carbocycles. The minimum atomic E-state index is -0.797. The van der Waals surface area contributed by atoms with Gasteiger partial charge in [-0.25, -0.2) is 0 Å². The van der Waals surface area contributed by atoms with Crippen LogP contribution in [-0.4, -0.2) is 17.6 Å². The van der Waals surface area contributed by atoms with Crippen LogP contribution in [0.2, 0.25) is 0 Å². The lowest BCUT2D eigenvalue weighted by atomic mass is 10.2. The van der Waals surface area contributed by atoms with Gasteiger partial charge in [0.2, 0.25) is 0 Å². The van der Waals surface area contributed by atoms with Gasteiger partial charge in [0.05, 0.1) is 6.54 Å². The number of hydrogen-bond acceptors (Lipinski definition) is 3. The van der Waals surface area contributed by atoms with Gasteiger partial charge in [-0.15, -0.1) is 11.3 Å². The van der Waals surface area contributed by atoms with Gasteiger partial charge < -0.3 is 10.4 Å². The number of nitrogens with one attached hydrogen (secondary N) is 1. The topological polar surface area (TPSA) is 49.3 Å². The standard InChI is InChI=1S/C10H13NO2S/c12-10(13)6-11-5-8-4-7-2-1-3-9(7)14-8/h4,11H,1-3,5-6H2,(H,12,13). The first-order valence-electron chi connectivity index (χ1n) is 4.78. The van der Waals surface area contributed by atoms with Crippen molar-refractivity contribution < 1.29 is 9.90 Å². The summed E-state index contributed by atoms with van der Waals surface area (Å²) >= 11 is 1.82. The summed E-state index contributed by atoms with van der Waals surface area (Å²) in [6, 6.07) is 2.21. The van der Waals surface area contributed by atoms with Crippen molar-refractivity contribution in [2.45, 2.75) is 25.8 Å². The van der Waals surface area contributed by atoms with E-state index in [0.717, 1.165) is 0 Å². The Morgan fingerprint density at radius 3 is 3.14 bits per heavy atom. The Balaban J connectivity index is 1.88. The first-order valence-corrected chi connectivity index (χ1v) is 5.60. The summed E-state index contributed by atoms with van der Waals surface area (Å²) in [5.74, 6) is -0.797. The van der Waals surface area contributed by atoms with Gasteiger partial charge in [-0.05, 0) is 30.9 Å². The highest BCUT2D eigenvalue weighted by Crippen LogP contribution is 2.30. The molecule has 1 heterocycles. The van der Waals surface area contributed by atoms with Crippen LogP contribution in [0.4, 0.5) is 0 Å². The van der Waals surface area contributed by atoms with Crippen LogP contribution in [0.15, 0.2) is 6.07 Å². The molecule has 1 aromatic heterocycles. The van der Waals surface area contributed by atoms with Crippen molar-refractivity contribution in [1.29, 1.82) is 0 Å². The fourth-order valence-corrected chi connectivity index (χ4v) is 3.00. The molecule has 2 N–H and O–H groups in total. The predicted molar refractivity (Wildman–Crippen MR) is 55.7 cm³/mol. The highest BCUT2D eigenvalue weighted by Gasteiger charge is 2.14. The van der Waals surface area contributed by atoms with Crippen molar-refractivity contribution in [3.63, 3.8) is 0 Å². The summed E-state index contributed by atoms with van der Waals surface area (Å²) in [7, 11) is 0. The maximum atomic E-state index is 10.3. The quantitative estimate of drug-likeness (QED) is 0.791. The van der Waals surface area contributed by atoms with Gasteiger partial charge in [0.25, 0.3) is 0 Å². The fourth-order valence-electron chi connectivity index (χ4n) is 1.77. The Morgan fingerprint density at radius 2 is 2.43 bits per heavy atom. The van der Waals surface area contributed by atoms with Crippen molar-refractivity contribution in [3.05, 3.63) is 21.4 Å². The van der Waals surface area contributed by atoms with E-state index < -0.39 is 5.97 Å². The smallest absolute Gasteiger partial charge is 0.317 e. The summed E-state index contributed by atoms with van der Waals surface area (Å²) in [5, 5.41) is 11.4. The van der Waals surface area contributed by atoms with Crippen LogP contribution in [0, 0.1) is 0 Å². The highest BCUT2D eigenvalue weighted by atomic mass is 32.1. The number of fused-ring (bicyclic) bond motifs is 1. The van der Waals surface area contributed by atoms with Crippen LogP contribution < -0.4 is 5.32 Å². The summed E-state index contributed by atoms with van der Waals surface area (Å²) in [6.45, 7) is 0.729. The van der Waals surface area contributed by atoms with E-state index in [4.69, 9.17) is 5.11 Å². The molecule has 1 aliphatic carbocycles. The highest BCUT2D eigenvalue weighted by molar-refractivity contribution is 7.12. The Morgan fingerprint density at radius 1 is 1.57 bits per heavy atom. The van der Waals surface area contributed by atoms with Gasteiger partial charge in [-0.3, -0.25) is 4.79 Å². The average Bonchev–Trinajstić information content (AvgIpc) is 2.62. The van der Waals surface area contributed by atoms with Crippen LogP contribution in [0.1, 0.15) is 21.7 Å². The monoisotopic (exact) mass is 211 g/mol. The molecule has 0 atom stereocenters. The molecule has 0 bridgehead atoms. The van der Waals surface area contributed by atoms with Gasteiger partial charge in [-0.1, -0.05) is 0 Å². The minimum Gasteiger partial charge on any atom is -0.480 e. The van der Waals surface area contributed by atoms with Crippen molar-refractivity contribution in [1.82, 2.24) is 5.32 Å². The van der Waals surface area contributed by atoms with Crippen LogP contribution in [0.3, 0.4) is 0 Å². The molecule has 14 heavy (non-hydrogen) atoms. The molecule has 0 fully saturated rings. The molecule has 0 amide bonds. The first kappa shape index (κ1) is 9.68. The number of carbonyl (C=O) groups is 1. The number of aliphatic carboxylic acids is 1. The Bertz CT molecular complexity index is 324. The minimum absolute atomic E-state index is 0.0442. The van der Waals surface area contributed by atoms with Crippen LogP contribution in [-0.2, 0) is 24.2 Å². The molecule has 2 rings (SSSR count). The van der Waals surface area contributed by atoms with Crippen LogP contribution in [0.5, 0.6) is 0 Å². The maximum absolute atomic E-state index is 10.3. The number of carboxylic acid groups (broad SMARTS) is 1. The molecule has 1 aliphatic rings. The summed E-state index contributed by atoms with van der Waals surface area (Å²) in [5.41, 5.74) is 1.47. The molecule has 0 saturated heterocycles. The molecule has 0 aliphatic heterocycles. The maximum Gasteiger partial charge on any atom is 0.317 e. The third-order valence-electron chi connectivity index (χ3n) is 2.37. The summed E-state index contributed by atoms with van der Waals surface area (Å²) in [4.78, 5) is 13.0. The van der Waals surface area contributed by atoms with E-state index in [9.17, 15) is 4.79 Å². The molecule has 0 saturated carbocycles. The second-order valence-electron chi connectivity index (χ2n) is 3.51. The van der Waals surface area contributed by atoms with E-state index in [2.05, 4.69) is 11.4 Å². The molecule has 0 unspecified atom stereocenters. The van der Waals surface area contributed by atoms with E-state index in [-0.39, 0.29) is 6.54 Å². The number of rotatable bonds is 4. The van der Waals surface area contributed by atoms with E-state index in [1.54, 1.807) is 0 Å². The number of aryl methyl sites for hydroxylation is 2. The molecular formula is C10H13NO2S. The fraction of sp³-hybridized carbons (Fsp3) is 0.500. The van der Waals surface area contributed by atoms with Crippen molar-refractivity contribution in [2.75, 3.05) is 6.54 Å². The van der Waals surface area contributed by atoms with Crippen molar-refractivity contribution in [3.8, 4) is 0 Å². The van der Waals surface area contributed by atoms with Gasteiger partial charge in [0.1, 0.15) is 0 Å². The molecule has 0 radical (unpaired) electrons. The zero-order chi connectivity index (χ0) is 9.97. The molecule has 3 nitrogen and oxygen atoms in total. The van der Waals surface area contributed by atoms with Crippen molar-refractivity contribution in [2.24, 2.45) is 0 Å².